The number of nitrogens with zero attached hydrogens (tertiary/aromatic N) is 2. The van der Waals surface area contributed by atoms with Gasteiger partial charge in [-0.3, -0.25) is 0 Å². The van der Waals surface area contributed by atoms with Gasteiger partial charge in [0.2, 0.25) is 9.84 Å². The fourth-order valence-corrected chi connectivity index (χ4v) is 5.75. The number of anilines is 1. The van der Waals surface area contributed by atoms with Gasteiger partial charge in [-0.2, -0.15) is 0 Å². The third-order valence-electron chi connectivity index (χ3n) is 3.71. The molecule has 0 saturated heterocycles. The van der Waals surface area contributed by atoms with Gasteiger partial charge in [0.1, 0.15) is 4.21 Å². The molecule has 0 spiro atoms. The summed E-state index contributed by atoms with van der Waals surface area (Å²) in [5.74, 6) is 0. The normalized spacial score (nSPS) is 12.3. The molecular weight excluding hydrogens is 394 g/mol. The smallest absolute Gasteiger partial charge is 0.216 e. The molecule has 0 radical (unpaired) electrons. The van der Waals surface area contributed by atoms with Crippen molar-refractivity contribution in [2.75, 3.05) is 18.6 Å². The molecule has 0 aliphatic rings. The minimum absolute atomic E-state index is 0.0652. The van der Waals surface area contributed by atoms with Crippen LogP contribution in [-0.2, 0) is 26.7 Å². The summed E-state index contributed by atoms with van der Waals surface area (Å²) in [4.78, 5) is 4.05. The van der Waals surface area contributed by atoms with Gasteiger partial charge in [-0.05, 0) is 30.3 Å². The number of imidazole rings is 1. The highest BCUT2D eigenvalue weighted by molar-refractivity contribution is 7.93. The quantitative estimate of drug-likeness (QED) is 0.692. The van der Waals surface area contributed by atoms with Gasteiger partial charge in [0.15, 0.2) is 9.84 Å². The Hall–Kier alpha value is -2.17. The molecule has 0 amide bonds. The van der Waals surface area contributed by atoms with Gasteiger partial charge < -0.3 is 9.88 Å². The molecular formula is C16H17N3O4S3. The third-order valence-corrected chi connectivity index (χ3v) is 8.13. The molecule has 2 aromatic heterocycles. The van der Waals surface area contributed by atoms with Crippen molar-refractivity contribution in [3.05, 3.63) is 42.9 Å². The van der Waals surface area contributed by atoms with Crippen molar-refractivity contribution in [3.8, 4) is 11.3 Å². The minimum Gasteiger partial charge on any atom is -0.380 e. The topological polar surface area (TPSA) is 98.1 Å². The summed E-state index contributed by atoms with van der Waals surface area (Å²) in [7, 11) is -3.98. The van der Waals surface area contributed by atoms with Crippen molar-refractivity contribution < 1.29 is 16.8 Å². The average Bonchev–Trinajstić information content (AvgIpc) is 3.22. The highest BCUT2D eigenvalue weighted by Crippen LogP contribution is 2.33. The molecule has 7 nitrogen and oxygen atoms in total. The lowest BCUT2D eigenvalue weighted by Gasteiger charge is -2.08. The zero-order valence-corrected chi connectivity index (χ0v) is 16.7. The molecule has 3 rings (SSSR count). The number of hydrogen-bond acceptors (Lipinski definition) is 7. The van der Waals surface area contributed by atoms with Crippen LogP contribution >= 0.6 is 11.3 Å². The van der Waals surface area contributed by atoms with E-state index < -0.39 is 19.7 Å². The Balaban J connectivity index is 2.23. The number of aryl methyl sites for hydroxylation is 1. The molecule has 0 aliphatic heterocycles. The molecule has 3 aromatic rings. The Morgan fingerprint density at radius 1 is 1.08 bits per heavy atom. The van der Waals surface area contributed by atoms with E-state index in [1.807, 2.05) is 0 Å². The number of sulfone groups is 2. The highest BCUT2D eigenvalue weighted by atomic mass is 32.2. The van der Waals surface area contributed by atoms with Crippen LogP contribution in [0.2, 0.25) is 0 Å². The first kappa shape index (κ1) is 18.6. The molecule has 10 heteroatoms. The lowest BCUT2D eigenvalue weighted by Crippen LogP contribution is -2.04. The van der Waals surface area contributed by atoms with Gasteiger partial charge in [0.05, 0.1) is 26.8 Å². The predicted octanol–water partition coefficient (Wildman–Crippen LogP) is 2.43. The fourth-order valence-electron chi connectivity index (χ4n) is 2.37. The highest BCUT2D eigenvalue weighted by Gasteiger charge is 2.24. The molecule has 0 aliphatic carbocycles. The summed E-state index contributed by atoms with van der Waals surface area (Å²) in [5, 5.41) is 3.59. The van der Waals surface area contributed by atoms with Crippen LogP contribution in [0.25, 0.3) is 11.3 Å². The maximum Gasteiger partial charge on any atom is 0.216 e. The van der Waals surface area contributed by atoms with Gasteiger partial charge in [0.25, 0.3) is 0 Å². The number of benzene rings is 1. The lowest BCUT2D eigenvalue weighted by molar-refractivity contribution is 0.597. The Bertz CT molecular complexity index is 1180. The molecule has 138 valence electrons. The van der Waals surface area contributed by atoms with E-state index in [2.05, 4.69) is 10.3 Å². The first-order valence-electron chi connectivity index (χ1n) is 7.47. The SMILES string of the molecule is CNc1ccc(S(=O)(=O)c2cc(-c3cn(C)cn3)cc(S(C)(=O)=O)c2)s1. The number of aromatic nitrogens is 2. The van der Waals surface area contributed by atoms with Crippen LogP contribution in [-0.4, -0.2) is 39.7 Å². The van der Waals surface area contributed by atoms with Gasteiger partial charge in [0, 0.05) is 32.1 Å². The Morgan fingerprint density at radius 3 is 2.31 bits per heavy atom. The van der Waals surface area contributed by atoms with E-state index in [9.17, 15) is 16.8 Å². The van der Waals surface area contributed by atoms with Crippen molar-refractivity contribution in [1.29, 1.82) is 0 Å². The lowest BCUT2D eigenvalue weighted by atomic mass is 10.2. The summed E-state index contributed by atoms with van der Waals surface area (Å²) in [6.07, 6.45) is 4.31. The van der Waals surface area contributed by atoms with Crippen LogP contribution in [0.1, 0.15) is 0 Å². The molecule has 0 atom stereocenters. The molecule has 1 aromatic carbocycles. The molecule has 1 N–H and O–H groups in total. The summed E-state index contributed by atoms with van der Waals surface area (Å²) >= 11 is 1.09. The molecule has 2 heterocycles. The molecule has 0 saturated carbocycles. The third kappa shape index (κ3) is 3.53. The van der Waals surface area contributed by atoms with E-state index in [0.29, 0.717) is 16.3 Å². The first-order chi connectivity index (χ1) is 12.1. The Morgan fingerprint density at radius 2 is 1.77 bits per heavy atom. The zero-order valence-electron chi connectivity index (χ0n) is 14.3. The standard InChI is InChI=1S/C16H17N3O4S3/c1-17-15-4-5-16(24-15)26(22,23)13-7-11(14-9-19(2)10-18-14)6-12(8-13)25(3,20)21/h4-10,17H,1-3H3. The average molecular weight is 412 g/mol. The predicted molar refractivity (Wildman–Crippen MR) is 101 cm³/mol. The van der Waals surface area contributed by atoms with Gasteiger partial charge in [-0.1, -0.05) is 0 Å². The zero-order chi connectivity index (χ0) is 19.1. The van der Waals surface area contributed by atoms with Gasteiger partial charge in [-0.15, -0.1) is 11.3 Å². The second kappa shape index (κ2) is 6.53. The number of nitrogens with one attached hydrogen (secondary N) is 1. The second-order valence-corrected chi connectivity index (χ2v) is 11.0. The summed E-state index contributed by atoms with van der Waals surface area (Å²) in [5.41, 5.74) is 0.925. The van der Waals surface area contributed by atoms with E-state index in [1.165, 1.54) is 24.3 Å². The molecule has 0 bridgehead atoms. The maximum atomic E-state index is 13.0. The number of thiophene rings is 1. The van der Waals surface area contributed by atoms with E-state index >= 15 is 0 Å². The van der Waals surface area contributed by atoms with Crippen molar-refractivity contribution in [2.24, 2.45) is 7.05 Å². The summed E-state index contributed by atoms with van der Waals surface area (Å²) in [6.45, 7) is 0. The minimum atomic E-state index is -3.86. The monoisotopic (exact) mass is 411 g/mol. The van der Waals surface area contributed by atoms with Gasteiger partial charge >= 0.3 is 0 Å². The Labute approximate surface area is 156 Å². The van der Waals surface area contributed by atoms with Crippen molar-refractivity contribution >= 4 is 36.0 Å². The van der Waals surface area contributed by atoms with Crippen molar-refractivity contribution in [1.82, 2.24) is 9.55 Å². The van der Waals surface area contributed by atoms with Crippen LogP contribution in [0.3, 0.4) is 0 Å². The number of rotatable bonds is 5. The summed E-state index contributed by atoms with van der Waals surface area (Å²) in [6, 6.07) is 7.24. The van der Waals surface area contributed by atoms with Crippen LogP contribution < -0.4 is 5.32 Å². The second-order valence-electron chi connectivity index (χ2n) is 5.76. The molecule has 0 fully saturated rings. The van der Waals surface area contributed by atoms with E-state index in [0.717, 1.165) is 17.6 Å². The Kier molecular flexibility index (Phi) is 4.67. The molecule has 26 heavy (non-hydrogen) atoms. The van der Waals surface area contributed by atoms with Crippen LogP contribution in [0, 0.1) is 0 Å². The van der Waals surface area contributed by atoms with E-state index in [-0.39, 0.29) is 14.0 Å². The van der Waals surface area contributed by atoms with Crippen molar-refractivity contribution in [2.45, 2.75) is 14.0 Å². The van der Waals surface area contributed by atoms with Crippen LogP contribution in [0.4, 0.5) is 5.00 Å². The molecule has 0 unspecified atom stereocenters. The maximum absolute atomic E-state index is 13.0. The van der Waals surface area contributed by atoms with Crippen LogP contribution in [0.5, 0.6) is 0 Å². The van der Waals surface area contributed by atoms with Crippen molar-refractivity contribution in [3.63, 3.8) is 0 Å². The van der Waals surface area contributed by atoms with E-state index in [1.54, 1.807) is 37.3 Å². The summed E-state index contributed by atoms with van der Waals surface area (Å²) < 4.78 is 51.9. The van der Waals surface area contributed by atoms with E-state index in [4.69, 9.17) is 0 Å². The van der Waals surface area contributed by atoms with Gasteiger partial charge in [-0.25, -0.2) is 21.8 Å². The largest absolute Gasteiger partial charge is 0.380 e. The number of hydrogen-bond donors (Lipinski definition) is 1. The fraction of sp³-hybridized carbons (Fsp3) is 0.188. The van der Waals surface area contributed by atoms with Crippen LogP contribution in [0.15, 0.2) is 56.9 Å². The first-order valence-corrected chi connectivity index (χ1v) is 11.7.